The van der Waals surface area contributed by atoms with E-state index in [9.17, 15) is 4.79 Å². The highest BCUT2D eigenvalue weighted by atomic mass is 16.5. The molecular formula is C7H10N4O2. The number of carbonyl (C=O) groups is 1. The quantitative estimate of drug-likeness (QED) is 0.607. The van der Waals surface area contributed by atoms with Crippen molar-refractivity contribution in [3.63, 3.8) is 0 Å². The zero-order valence-electron chi connectivity index (χ0n) is 7.23. The highest BCUT2D eigenvalue weighted by molar-refractivity contribution is 5.84. The average molecular weight is 182 g/mol. The Labute approximate surface area is 74.9 Å². The molecule has 1 fully saturated rings. The summed E-state index contributed by atoms with van der Waals surface area (Å²) in [6.07, 6.45) is 1.55. The fraction of sp³-hybridized carbons (Fsp3) is 0.571. The van der Waals surface area contributed by atoms with Gasteiger partial charge < -0.3 is 10.1 Å². The normalized spacial score (nSPS) is 16.7. The van der Waals surface area contributed by atoms with Gasteiger partial charge in [0.25, 0.3) is 5.82 Å². The van der Waals surface area contributed by atoms with Gasteiger partial charge in [0.05, 0.1) is 13.2 Å². The first-order chi connectivity index (χ1) is 6.31. The van der Waals surface area contributed by atoms with Gasteiger partial charge in [0, 0.05) is 13.1 Å². The van der Waals surface area contributed by atoms with Crippen LogP contribution in [0.15, 0.2) is 6.33 Å². The molecule has 1 aliphatic rings. The molecule has 1 N–H and O–H groups in total. The molecule has 0 bridgehead atoms. The van der Waals surface area contributed by atoms with Crippen LogP contribution in [0.2, 0.25) is 0 Å². The first-order valence-corrected chi connectivity index (χ1v) is 4.01. The van der Waals surface area contributed by atoms with Gasteiger partial charge in [-0.05, 0) is 0 Å². The number of aromatic nitrogens is 3. The van der Waals surface area contributed by atoms with Crippen LogP contribution in [0.4, 0.5) is 0 Å². The summed E-state index contributed by atoms with van der Waals surface area (Å²) in [6, 6.07) is 0.325. The molecule has 0 saturated carbocycles. The zero-order valence-corrected chi connectivity index (χ0v) is 7.23. The van der Waals surface area contributed by atoms with E-state index in [1.54, 1.807) is 11.0 Å². The lowest BCUT2D eigenvalue weighted by molar-refractivity contribution is 0.0586. The molecule has 0 aliphatic carbocycles. The first kappa shape index (κ1) is 8.18. The molecule has 0 amide bonds. The van der Waals surface area contributed by atoms with E-state index in [0.29, 0.717) is 6.04 Å². The van der Waals surface area contributed by atoms with Crippen LogP contribution >= 0.6 is 0 Å². The van der Waals surface area contributed by atoms with Crippen LogP contribution in [0.25, 0.3) is 0 Å². The Morgan fingerprint density at radius 3 is 3.08 bits per heavy atom. The summed E-state index contributed by atoms with van der Waals surface area (Å²) in [7, 11) is 1.31. The van der Waals surface area contributed by atoms with Crippen molar-refractivity contribution >= 4 is 5.97 Å². The number of esters is 1. The molecule has 0 unspecified atom stereocenters. The van der Waals surface area contributed by atoms with Crippen LogP contribution in [0.1, 0.15) is 16.7 Å². The molecule has 6 nitrogen and oxygen atoms in total. The lowest BCUT2D eigenvalue weighted by Crippen LogP contribution is -2.43. The predicted octanol–water partition coefficient (Wildman–Crippen LogP) is -0.791. The maximum atomic E-state index is 11.0. The van der Waals surface area contributed by atoms with Crippen molar-refractivity contribution in [3.8, 4) is 0 Å². The molecule has 70 valence electrons. The van der Waals surface area contributed by atoms with Gasteiger partial charge in [-0.2, -0.15) is 0 Å². The molecule has 6 heteroatoms. The lowest BCUT2D eigenvalue weighted by Gasteiger charge is -2.26. The largest absolute Gasteiger partial charge is 0.463 e. The number of methoxy groups -OCH3 is 1. The second kappa shape index (κ2) is 3.14. The third-order valence-corrected chi connectivity index (χ3v) is 2.01. The minimum Gasteiger partial charge on any atom is -0.463 e. The Hall–Kier alpha value is -1.43. The van der Waals surface area contributed by atoms with Gasteiger partial charge in [-0.1, -0.05) is 0 Å². The molecule has 1 saturated heterocycles. The molecule has 1 aliphatic heterocycles. The molecule has 0 atom stereocenters. The van der Waals surface area contributed by atoms with Crippen molar-refractivity contribution in [2.75, 3.05) is 20.2 Å². The van der Waals surface area contributed by atoms with Gasteiger partial charge in [0.1, 0.15) is 6.33 Å². The minimum absolute atomic E-state index is 0.120. The predicted molar refractivity (Wildman–Crippen MR) is 43.3 cm³/mol. The minimum atomic E-state index is -0.494. The van der Waals surface area contributed by atoms with Crippen LogP contribution < -0.4 is 5.32 Å². The van der Waals surface area contributed by atoms with E-state index in [0.717, 1.165) is 13.1 Å². The molecule has 2 heterocycles. The van der Waals surface area contributed by atoms with Gasteiger partial charge in [-0.15, -0.1) is 5.10 Å². The fourth-order valence-electron chi connectivity index (χ4n) is 1.10. The molecule has 13 heavy (non-hydrogen) atoms. The van der Waals surface area contributed by atoms with E-state index in [1.807, 2.05) is 0 Å². The molecule has 1 aromatic rings. The van der Waals surface area contributed by atoms with E-state index in [-0.39, 0.29) is 5.82 Å². The number of rotatable bonds is 2. The highest BCUT2D eigenvalue weighted by Crippen LogP contribution is 2.09. The van der Waals surface area contributed by atoms with Crippen LogP contribution in [0.3, 0.4) is 0 Å². The fourth-order valence-corrected chi connectivity index (χ4v) is 1.10. The van der Waals surface area contributed by atoms with E-state index in [4.69, 9.17) is 0 Å². The number of ether oxygens (including phenoxy) is 1. The molecule has 2 rings (SSSR count). The van der Waals surface area contributed by atoms with Crippen molar-refractivity contribution in [2.24, 2.45) is 0 Å². The summed E-state index contributed by atoms with van der Waals surface area (Å²) < 4.78 is 6.17. The number of carbonyl (C=O) groups excluding carboxylic acids is 1. The van der Waals surface area contributed by atoms with Crippen molar-refractivity contribution in [2.45, 2.75) is 6.04 Å². The number of hydrogen-bond acceptors (Lipinski definition) is 5. The third kappa shape index (κ3) is 1.40. The summed E-state index contributed by atoms with van der Waals surface area (Å²) in [5.74, 6) is -0.375. The van der Waals surface area contributed by atoms with E-state index < -0.39 is 5.97 Å². The van der Waals surface area contributed by atoms with Crippen molar-refractivity contribution < 1.29 is 9.53 Å². The van der Waals surface area contributed by atoms with Crippen LogP contribution in [0, 0.1) is 0 Å². The molecule has 0 aromatic carbocycles. The molecular weight excluding hydrogens is 172 g/mol. The first-order valence-electron chi connectivity index (χ1n) is 4.01. The van der Waals surface area contributed by atoms with Gasteiger partial charge in [-0.3, -0.25) is 0 Å². The van der Waals surface area contributed by atoms with Gasteiger partial charge in [-0.25, -0.2) is 14.5 Å². The third-order valence-electron chi connectivity index (χ3n) is 2.01. The Kier molecular flexibility index (Phi) is 1.97. The summed E-state index contributed by atoms with van der Waals surface area (Å²) >= 11 is 0. The Balaban J connectivity index is 2.12. The highest BCUT2D eigenvalue weighted by Gasteiger charge is 2.21. The standard InChI is InChI=1S/C7H10N4O2/c1-13-7(12)6-9-4-11(10-6)5-2-8-3-5/h4-5,8H,2-3H2,1H3. The van der Waals surface area contributed by atoms with Crippen molar-refractivity contribution in [1.82, 2.24) is 20.1 Å². The molecule has 0 radical (unpaired) electrons. The topological polar surface area (TPSA) is 69.0 Å². The SMILES string of the molecule is COC(=O)c1ncn(C2CNC2)n1. The monoisotopic (exact) mass is 182 g/mol. The summed E-state index contributed by atoms with van der Waals surface area (Å²) in [6.45, 7) is 1.76. The number of nitrogens with zero attached hydrogens (tertiary/aromatic N) is 3. The Morgan fingerprint density at radius 1 is 1.77 bits per heavy atom. The van der Waals surface area contributed by atoms with Gasteiger partial charge in [0.2, 0.25) is 0 Å². The second-order valence-electron chi connectivity index (χ2n) is 2.85. The van der Waals surface area contributed by atoms with E-state index >= 15 is 0 Å². The lowest BCUT2D eigenvalue weighted by atomic mass is 10.2. The zero-order chi connectivity index (χ0) is 9.26. The Bertz CT molecular complexity index is 318. The van der Waals surface area contributed by atoms with Gasteiger partial charge in [0.15, 0.2) is 0 Å². The van der Waals surface area contributed by atoms with E-state index in [1.165, 1.54) is 7.11 Å². The molecule has 1 aromatic heterocycles. The van der Waals surface area contributed by atoms with Gasteiger partial charge >= 0.3 is 5.97 Å². The maximum absolute atomic E-state index is 11.0. The second-order valence-corrected chi connectivity index (χ2v) is 2.85. The van der Waals surface area contributed by atoms with E-state index in [2.05, 4.69) is 20.1 Å². The number of hydrogen-bond donors (Lipinski definition) is 1. The van der Waals surface area contributed by atoms with Crippen molar-refractivity contribution in [3.05, 3.63) is 12.2 Å². The van der Waals surface area contributed by atoms with Crippen LogP contribution in [0.5, 0.6) is 0 Å². The van der Waals surface area contributed by atoms with Crippen LogP contribution in [-0.4, -0.2) is 40.9 Å². The summed E-state index contributed by atoms with van der Waals surface area (Å²) in [4.78, 5) is 14.8. The van der Waals surface area contributed by atoms with Crippen molar-refractivity contribution in [1.29, 1.82) is 0 Å². The summed E-state index contributed by atoms with van der Waals surface area (Å²) in [5.41, 5.74) is 0. The average Bonchev–Trinajstić information content (AvgIpc) is 2.49. The summed E-state index contributed by atoms with van der Waals surface area (Å²) in [5, 5.41) is 7.10. The molecule has 0 spiro atoms. The smallest absolute Gasteiger partial charge is 0.377 e. The maximum Gasteiger partial charge on any atom is 0.377 e. The van der Waals surface area contributed by atoms with Crippen LogP contribution in [-0.2, 0) is 4.74 Å². The number of nitrogens with one attached hydrogen (secondary N) is 1. The Morgan fingerprint density at radius 2 is 2.54 bits per heavy atom.